The third-order valence-electron chi connectivity index (χ3n) is 6.14. The molecule has 1 aromatic rings. The highest BCUT2D eigenvalue weighted by atomic mass is 16.2. The molecule has 2 fully saturated rings. The summed E-state index contributed by atoms with van der Waals surface area (Å²) in [6.07, 6.45) is 5.61. The third-order valence-corrected chi connectivity index (χ3v) is 6.14. The van der Waals surface area contributed by atoms with E-state index in [9.17, 15) is 9.59 Å². The van der Waals surface area contributed by atoms with Crippen LogP contribution in [0.25, 0.3) is 0 Å². The lowest BCUT2D eigenvalue weighted by Gasteiger charge is -2.32. The molecular formula is C23H35N3O2. The van der Waals surface area contributed by atoms with Gasteiger partial charge in [-0.15, -0.1) is 0 Å². The molecule has 28 heavy (non-hydrogen) atoms. The lowest BCUT2D eigenvalue weighted by atomic mass is 9.99. The molecule has 0 unspecified atom stereocenters. The summed E-state index contributed by atoms with van der Waals surface area (Å²) in [6.45, 7) is 10.1. The highest BCUT2D eigenvalue weighted by Gasteiger charge is 2.57. The highest BCUT2D eigenvalue weighted by molar-refractivity contribution is 6.13. The standard InChI is InChI=1S/C23H35N3O2/c1-4-14-26(15-5-2)22(28)23(12-13-23)21(27)24-19-6-8-20(9-7-19)25-16-10-18(3)11-17-25/h6-9,18H,4-5,10-17H2,1-3H3,(H,24,27). The van der Waals surface area contributed by atoms with E-state index in [1.807, 2.05) is 17.0 Å². The van der Waals surface area contributed by atoms with Crippen molar-refractivity contribution in [2.75, 3.05) is 36.4 Å². The molecule has 3 rings (SSSR count). The highest BCUT2D eigenvalue weighted by Crippen LogP contribution is 2.48. The number of nitrogens with zero attached hydrogens (tertiary/aromatic N) is 2. The molecule has 2 amide bonds. The summed E-state index contributed by atoms with van der Waals surface area (Å²) in [5, 5.41) is 3.00. The largest absolute Gasteiger partial charge is 0.372 e. The summed E-state index contributed by atoms with van der Waals surface area (Å²) >= 11 is 0. The Morgan fingerprint density at radius 2 is 1.64 bits per heavy atom. The maximum absolute atomic E-state index is 13.0. The third kappa shape index (κ3) is 4.50. The molecule has 0 aromatic heterocycles. The Bertz CT molecular complexity index is 668. The maximum Gasteiger partial charge on any atom is 0.240 e. The van der Waals surface area contributed by atoms with Gasteiger partial charge in [0, 0.05) is 37.6 Å². The van der Waals surface area contributed by atoms with Crippen molar-refractivity contribution in [1.29, 1.82) is 0 Å². The number of hydrogen-bond acceptors (Lipinski definition) is 3. The second kappa shape index (κ2) is 8.97. The number of piperidine rings is 1. The second-order valence-corrected chi connectivity index (χ2v) is 8.54. The Balaban J connectivity index is 1.61. The molecule has 0 atom stereocenters. The predicted octanol–water partition coefficient (Wildman–Crippen LogP) is 4.29. The molecule has 1 saturated carbocycles. The normalized spacial score (nSPS) is 18.6. The van der Waals surface area contributed by atoms with Gasteiger partial charge in [-0.05, 0) is 68.7 Å². The zero-order valence-corrected chi connectivity index (χ0v) is 17.7. The first-order chi connectivity index (χ1) is 13.5. The summed E-state index contributed by atoms with van der Waals surface area (Å²) in [4.78, 5) is 30.2. The van der Waals surface area contributed by atoms with Crippen LogP contribution in [0.3, 0.4) is 0 Å². The molecule has 154 valence electrons. The van der Waals surface area contributed by atoms with Crippen molar-refractivity contribution in [2.24, 2.45) is 11.3 Å². The Hall–Kier alpha value is -2.04. The van der Waals surface area contributed by atoms with Crippen molar-refractivity contribution < 1.29 is 9.59 Å². The summed E-state index contributed by atoms with van der Waals surface area (Å²) < 4.78 is 0. The van der Waals surface area contributed by atoms with E-state index in [4.69, 9.17) is 0 Å². The van der Waals surface area contributed by atoms with Crippen LogP contribution >= 0.6 is 0 Å². The van der Waals surface area contributed by atoms with Crippen molar-refractivity contribution in [3.8, 4) is 0 Å². The Morgan fingerprint density at radius 3 is 2.14 bits per heavy atom. The van der Waals surface area contributed by atoms with Crippen LogP contribution in [0, 0.1) is 11.3 Å². The van der Waals surface area contributed by atoms with Gasteiger partial charge in [-0.3, -0.25) is 9.59 Å². The number of carbonyl (C=O) groups excluding carboxylic acids is 2. The number of rotatable bonds is 8. The molecule has 1 aliphatic carbocycles. The summed E-state index contributed by atoms with van der Waals surface area (Å²) in [7, 11) is 0. The Kier molecular flexibility index (Phi) is 6.63. The van der Waals surface area contributed by atoms with Crippen LogP contribution in [0.1, 0.15) is 59.3 Å². The van der Waals surface area contributed by atoms with Gasteiger partial charge in [0.15, 0.2) is 0 Å². The molecule has 2 aliphatic rings. The van der Waals surface area contributed by atoms with Crippen LogP contribution < -0.4 is 10.2 Å². The number of amides is 2. The van der Waals surface area contributed by atoms with Crippen molar-refractivity contribution in [3.05, 3.63) is 24.3 Å². The van der Waals surface area contributed by atoms with Crippen LogP contribution in [0.5, 0.6) is 0 Å². The number of benzene rings is 1. The van der Waals surface area contributed by atoms with Gasteiger partial charge in [-0.1, -0.05) is 20.8 Å². The lowest BCUT2D eigenvalue weighted by molar-refractivity contribution is -0.142. The number of hydrogen-bond donors (Lipinski definition) is 1. The predicted molar refractivity (Wildman–Crippen MR) is 115 cm³/mol. The van der Waals surface area contributed by atoms with E-state index in [2.05, 4.69) is 43.1 Å². The van der Waals surface area contributed by atoms with E-state index in [-0.39, 0.29) is 11.8 Å². The zero-order valence-electron chi connectivity index (χ0n) is 17.7. The Morgan fingerprint density at radius 1 is 1.07 bits per heavy atom. The minimum absolute atomic E-state index is 0.00718. The molecule has 1 aliphatic heterocycles. The first-order valence-corrected chi connectivity index (χ1v) is 11.0. The summed E-state index contributed by atoms with van der Waals surface area (Å²) in [6, 6.07) is 8.07. The van der Waals surface area contributed by atoms with E-state index in [0.717, 1.165) is 50.6 Å². The molecule has 0 spiro atoms. The van der Waals surface area contributed by atoms with Gasteiger partial charge in [-0.25, -0.2) is 0 Å². The SMILES string of the molecule is CCCN(CCC)C(=O)C1(C(=O)Nc2ccc(N3CCC(C)CC3)cc2)CC1. The average Bonchev–Trinajstić information content (AvgIpc) is 3.51. The van der Waals surface area contributed by atoms with Crippen molar-refractivity contribution in [3.63, 3.8) is 0 Å². The molecule has 1 heterocycles. The lowest BCUT2D eigenvalue weighted by Crippen LogP contribution is -2.43. The monoisotopic (exact) mass is 385 g/mol. The van der Waals surface area contributed by atoms with Crippen molar-refractivity contribution in [1.82, 2.24) is 4.90 Å². The van der Waals surface area contributed by atoms with E-state index in [1.165, 1.54) is 18.5 Å². The first-order valence-electron chi connectivity index (χ1n) is 11.0. The van der Waals surface area contributed by atoms with Gasteiger partial charge in [0.2, 0.25) is 11.8 Å². The van der Waals surface area contributed by atoms with Crippen molar-refractivity contribution >= 4 is 23.2 Å². The molecule has 0 bridgehead atoms. The van der Waals surface area contributed by atoms with Crippen molar-refractivity contribution in [2.45, 2.75) is 59.3 Å². The molecule has 0 radical (unpaired) electrons. The molecule has 1 N–H and O–H groups in total. The average molecular weight is 386 g/mol. The van der Waals surface area contributed by atoms with Crippen LogP contribution in [0.2, 0.25) is 0 Å². The number of anilines is 2. The topological polar surface area (TPSA) is 52.7 Å². The van der Waals surface area contributed by atoms with E-state index < -0.39 is 5.41 Å². The molecule has 5 heteroatoms. The summed E-state index contributed by atoms with van der Waals surface area (Å²) in [5.74, 6) is 0.670. The van der Waals surface area contributed by atoms with Gasteiger partial charge in [0.25, 0.3) is 0 Å². The van der Waals surface area contributed by atoms with Crippen LogP contribution in [-0.4, -0.2) is 42.9 Å². The van der Waals surface area contributed by atoms with Gasteiger partial charge in [0.1, 0.15) is 5.41 Å². The molecule has 1 aromatic carbocycles. The minimum atomic E-state index is -0.841. The fraction of sp³-hybridized carbons (Fsp3) is 0.652. The first kappa shape index (κ1) is 20.7. The van der Waals surface area contributed by atoms with Gasteiger partial charge >= 0.3 is 0 Å². The molecular weight excluding hydrogens is 350 g/mol. The molecule has 1 saturated heterocycles. The van der Waals surface area contributed by atoms with Gasteiger partial charge in [-0.2, -0.15) is 0 Å². The fourth-order valence-electron chi connectivity index (χ4n) is 4.09. The smallest absolute Gasteiger partial charge is 0.240 e. The van der Waals surface area contributed by atoms with E-state index >= 15 is 0 Å². The van der Waals surface area contributed by atoms with E-state index in [0.29, 0.717) is 12.8 Å². The second-order valence-electron chi connectivity index (χ2n) is 8.54. The van der Waals surface area contributed by atoms with Crippen LogP contribution in [-0.2, 0) is 9.59 Å². The van der Waals surface area contributed by atoms with E-state index in [1.54, 1.807) is 0 Å². The zero-order chi connectivity index (χ0) is 20.1. The van der Waals surface area contributed by atoms with Crippen LogP contribution in [0.15, 0.2) is 24.3 Å². The molecule has 5 nitrogen and oxygen atoms in total. The van der Waals surface area contributed by atoms with Gasteiger partial charge < -0.3 is 15.1 Å². The van der Waals surface area contributed by atoms with Crippen LogP contribution in [0.4, 0.5) is 11.4 Å². The summed E-state index contributed by atoms with van der Waals surface area (Å²) in [5.41, 5.74) is 1.14. The van der Waals surface area contributed by atoms with Gasteiger partial charge in [0.05, 0.1) is 0 Å². The number of nitrogens with one attached hydrogen (secondary N) is 1. The quantitative estimate of drug-likeness (QED) is 0.679. The number of carbonyl (C=O) groups is 2. The fourth-order valence-corrected chi connectivity index (χ4v) is 4.09. The maximum atomic E-state index is 13.0. The Labute approximate surface area is 169 Å². The minimum Gasteiger partial charge on any atom is -0.372 e.